The quantitative estimate of drug-likeness (QED) is 0.781. The van der Waals surface area contributed by atoms with Crippen molar-refractivity contribution in [3.05, 3.63) is 18.0 Å². The van der Waals surface area contributed by atoms with Crippen molar-refractivity contribution in [1.29, 1.82) is 0 Å². The van der Waals surface area contributed by atoms with Crippen LogP contribution in [-0.4, -0.2) is 57.4 Å². The molecule has 0 radical (unpaired) electrons. The molecule has 7 heteroatoms. The Labute approximate surface area is 125 Å². The van der Waals surface area contributed by atoms with Crippen molar-refractivity contribution in [2.24, 2.45) is 5.73 Å². The summed E-state index contributed by atoms with van der Waals surface area (Å²) in [5.74, 6) is 0.414. The number of carbonyl (C=O) groups excluding carboxylic acids is 1. The van der Waals surface area contributed by atoms with Crippen LogP contribution in [0.3, 0.4) is 0 Å². The van der Waals surface area contributed by atoms with Crippen LogP contribution in [0.5, 0.6) is 0 Å². The molecule has 1 aliphatic rings. The monoisotopic (exact) mass is 292 g/mol. The zero-order valence-electron chi connectivity index (χ0n) is 12.7. The minimum Gasteiger partial charge on any atom is -0.368 e. The second-order valence-electron chi connectivity index (χ2n) is 5.40. The highest BCUT2D eigenvalue weighted by molar-refractivity contribution is 5.82. The Morgan fingerprint density at radius 1 is 1.38 bits per heavy atom. The van der Waals surface area contributed by atoms with E-state index >= 15 is 0 Å². The highest BCUT2D eigenvalue weighted by atomic mass is 16.2. The van der Waals surface area contributed by atoms with Crippen LogP contribution in [0.2, 0.25) is 0 Å². The van der Waals surface area contributed by atoms with Crippen molar-refractivity contribution in [1.82, 2.24) is 19.8 Å². The molecule has 0 saturated carbocycles. The van der Waals surface area contributed by atoms with E-state index in [0.717, 1.165) is 18.7 Å². The number of nitrogens with two attached hydrogens (primary N) is 2. The first-order valence-electron chi connectivity index (χ1n) is 7.39. The molecule has 1 amide bonds. The van der Waals surface area contributed by atoms with E-state index in [9.17, 15) is 4.79 Å². The molecule has 1 fully saturated rings. The molecule has 2 heterocycles. The standard InChI is InChI=1S/C14H24N6O/c1-3-19(4-2)13(21)12-5-11(15)9-20(12)8-10-6-17-14(16)18-7-10/h6-7,11-12H,3-5,8-9,15H2,1-2H3,(H2,16,17,18)/t11-,12+/m1/s1. The van der Waals surface area contributed by atoms with Gasteiger partial charge in [0.05, 0.1) is 6.04 Å². The maximum Gasteiger partial charge on any atom is 0.239 e. The molecular formula is C14H24N6O. The number of amides is 1. The van der Waals surface area contributed by atoms with E-state index in [1.165, 1.54) is 0 Å². The summed E-state index contributed by atoms with van der Waals surface area (Å²) in [7, 11) is 0. The first-order valence-corrected chi connectivity index (χ1v) is 7.39. The van der Waals surface area contributed by atoms with Crippen LogP contribution in [0, 0.1) is 0 Å². The average molecular weight is 292 g/mol. The Morgan fingerprint density at radius 2 is 2.00 bits per heavy atom. The molecule has 0 aliphatic carbocycles. The van der Waals surface area contributed by atoms with Crippen LogP contribution in [0.4, 0.5) is 5.95 Å². The van der Waals surface area contributed by atoms with Gasteiger partial charge in [0.1, 0.15) is 0 Å². The Bertz CT molecular complexity index is 473. The number of hydrogen-bond donors (Lipinski definition) is 2. The summed E-state index contributed by atoms with van der Waals surface area (Å²) in [6.45, 7) is 6.76. The largest absolute Gasteiger partial charge is 0.368 e. The van der Waals surface area contributed by atoms with Gasteiger partial charge in [-0.2, -0.15) is 0 Å². The van der Waals surface area contributed by atoms with Crippen LogP contribution in [0.25, 0.3) is 0 Å². The summed E-state index contributed by atoms with van der Waals surface area (Å²) < 4.78 is 0. The lowest BCUT2D eigenvalue weighted by Crippen LogP contribution is -2.45. The number of nitrogen functional groups attached to an aromatic ring is 1. The number of hydrogen-bond acceptors (Lipinski definition) is 6. The van der Waals surface area contributed by atoms with Gasteiger partial charge in [-0.15, -0.1) is 0 Å². The molecule has 0 aromatic carbocycles. The molecule has 2 atom stereocenters. The minimum absolute atomic E-state index is 0.0317. The van der Waals surface area contributed by atoms with Gasteiger partial charge in [-0.1, -0.05) is 0 Å². The Hall–Kier alpha value is -1.73. The summed E-state index contributed by atoms with van der Waals surface area (Å²) in [4.78, 5) is 24.5. The van der Waals surface area contributed by atoms with Gasteiger partial charge in [0.2, 0.25) is 11.9 Å². The number of likely N-dealkylation sites (tertiary alicyclic amines) is 1. The predicted octanol–water partition coefficient (Wildman–Crippen LogP) is -0.171. The van der Waals surface area contributed by atoms with E-state index in [4.69, 9.17) is 11.5 Å². The number of aromatic nitrogens is 2. The van der Waals surface area contributed by atoms with E-state index in [-0.39, 0.29) is 23.9 Å². The number of carbonyl (C=O) groups is 1. The topological polar surface area (TPSA) is 101 Å². The maximum atomic E-state index is 12.6. The van der Waals surface area contributed by atoms with Crippen molar-refractivity contribution in [3.63, 3.8) is 0 Å². The molecule has 1 aliphatic heterocycles. The van der Waals surface area contributed by atoms with Gasteiger partial charge >= 0.3 is 0 Å². The first kappa shape index (κ1) is 15.7. The number of nitrogens with zero attached hydrogens (tertiary/aromatic N) is 4. The highest BCUT2D eigenvalue weighted by Gasteiger charge is 2.36. The van der Waals surface area contributed by atoms with E-state index < -0.39 is 0 Å². The van der Waals surface area contributed by atoms with Gasteiger partial charge in [-0.25, -0.2) is 9.97 Å². The Balaban J connectivity index is 2.09. The molecular weight excluding hydrogens is 268 g/mol. The second kappa shape index (κ2) is 6.82. The number of rotatable bonds is 5. The van der Waals surface area contributed by atoms with Crippen molar-refractivity contribution in [2.75, 3.05) is 25.4 Å². The Morgan fingerprint density at radius 3 is 2.57 bits per heavy atom. The lowest BCUT2D eigenvalue weighted by atomic mass is 10.1. The first-order chi connectivity index (χ1) is 10.0. The van der Waals surface area contributed by atoms with Crippen LogP contribution in [0.15, 0.2) is 12.4 Å². The number of likely N-dealkylation sites (N-methyl/N-ethyl adjacent to an activating group) is 1. The van der Waals surface area contributed by atoms with Gasteiger partial charge in [-0.3, -0.25) is 9.69 Å². The molecule has 4 N–H and O–H groups in total. The maximum absolute atomic E-state index is 12.6. The highest BCUT2D eigenvalue weighted by Crippen LogP contribution is 2.21. The van der Waals surface area contributed by atoms with Crippen molar-refractivity contribution >= 4 is 11.9 Å². The molecule has 0 unspecified atom stereocenters. The third-order valence-electron chi connectivity index (χ3n) is 3.91. The lowest BCUT2D eigenvalue weighted by molar-refractivity contribution is -0.135. The van der Waals surface area contributed by atoms with Crippen molar-refractivity contribution in [2.45, 2.75) is 38.9 Å². The fourth-order valence-electron chi connectivity index (χ4n) is 2.80. The van der Waals surface area contributed by atoms with E-state index in [2.05, 4.69) is 14.9 Å². The molecule has 0 spiro atoms. The molecule has 7 nitrogen and oxygen atoms in total. The molecule has 1 aromatic rings. The molecule has 21 heavy (non-hydrogen) atoms. The minimum atomic E-state index is -0.155. The summed E-state index contributed by atoms with van der Waals surface area (Å²) >= 11 is 0. The third kappa shape index (κ3) is 3.68. The van der Waals surface area contributed by atoms with Crippen LogP contribution >= 0.6 is 0 Å². The number of anilines is 1. The zero-order valence-corrected chi connectivity index (χ0v) is 12.7. The summed E-state index contributed by atoms with van der Waals surface area (Å²) in [5, 5.41) is 0. The fourth-order valence-corrected chi connectivity index (χ4v) is 2.80. The molecule has 1 saturated heterocycles. The Kier molecular flexibility index (Phi) is 5.08. The van der Waals surface area contributed by atoms with E-state index in [1.54, 1.807) is 12.4 Å². The normalized spacial score (nSPS) is 22.4. The fraction of sp³-hybridized carbons (Fsp3) is 0.643. The smallest absolute Gasteiger partial charge is 0.239 e. The van der Waals surface area contributed by atoms with Crippen LogP contribution < -0.4 is 11.5 Å². The van der Waals surface area contributed by atoms with Gasteiger partial charge in [0.25, 0.3) is 0 Å². The van der Waals surface area contributed by atoms with Gasteiger partial charge in [-0.05, 0) is 20.3 Å². The SMILES string of the molecule is CCN(CC)C(=O)[C@@H]1C[C@@H](N)CN1Cc1cnc(N)nc1. The summed E-state index contributed by atoms with van der Waals surface area (Å²) in [6.07, 6.45) is 4.10. The second-order valence-corrected chi connectivity index (χ2v) is 5.40. The van der Waals surface area contributed by atoms with Crippen molar-refractivity contribution < 1.29 is 4.79 Å². The van der Waals surface area contributed by atoms with Gasteiger partial charge in [0, 0.05) is 50.2 Å². The molecule has 116 valence electrons. The molecule has 2 rings (SSSR count). The molecule has 0 bridgehead atoms. The van der Waals surface area contributed by atoms with E-state index in [0.29, 0.717) is 19.5 Å². The summed E-state index contributed by atoms with van der Waals surface area (Å²) in [5.41, 5.74) is 12.5. The lowest BCUT2D eigenvalue weighted by Gasteiger charge is -2.28. The van der Waals surface area contributed by atoms with Gasteiger partial charge in [0.15, 0.2) is 0 Å². The van der Waals surface area contributed by atoms with Crippen molar-refractivity contribution in [3.8, 4) is 0 Å². The van der Waals surface area contributed by atoms with E-state index in [1.807, 2.05) is 18.7 Å². The van der Waals surface area contributed by atoms with Gasteiger partial charge < -0.3 is 16.4 Å². The average Bonchev–Trinajstić information content (AvgIpc) is 2.83. The van der Waals surface area contributed by atoms with Crippen LogP contribution in [0.1, 0.15) is 25.8 Å². The zero-order chi connectivity index (χ0) is 15.4. The summed E-state index contributed by atoms with van der Waals surface area (Å²) in [6, 6.07) is -0.123. The predicted molar refractivity (Wildman–Crippen MR) is 81.2 cm³/mol. The third-order valence-corrected chi connectivity index (χ3v) is 3.91. The van der Waals surface area contributed by atoms with Crippen LogP contribution in [-0.2, 0) is 11.3 Å². The molecule has 1 aromatic heterocycles.